The molecule has 1 atom stereocenters. The van der Waals surface area contributed by atoms with Crippen molar-refractivity contribution in [2.45, 2.75) is 19.1 Å². The molecule has 0 saturated heterocycles. The summed E-state index contributed by atoms with van der Waals surface area (Å²) in [6, 6.07) is 18.2. The SMILES string of the molecule is CC(COCC(F)(F)F)NC(=O)c1sc(-c2ccccc2)nc1-c1ccccc1. The van der Waals surface area contributed by atoms with Crippen molar-refractivity contribution in [1.29, 1.82) is 0 Å². The number of hydrogen-bond donors (Lipinski definition) is 1. The van der Waals surface area contributed by atoms with E-state index in [1.54, 1.807) is 6.92 Å². The minimum atomic E-state index is -4.40. The van der Waals surface area contributed by atoms with Crippen molar-refractivity contribution in [1.82, 2.24) is 10.3 Å². The van der Waals surface area contributed by atoms with E-state index in [0.717, 1.165) is 11.1 Å². The van der Waals surface area contributed by atoms with Gasteiger partial charge >= 0.3 is 6.18 Å². The maximum Gasteiger partial charge on any atom is 0.411 e. The highest BCUT2D eigenvalue weighted by molar-refractivity contribution is 7.17. The molecule has 0 bridgehead atoms. The van der Waals surface area contributed by atoms with Crippen LogP contribution in [0.4, 0.5) is 13.2 Å². The normalized spacial score (nSPS) is 12.6. The van der Waals surface area contributed by atoms with Gasteiger partial charge in [-0.3, -0.25) is 4.79 Å². The van der Waals surface area contributed by atoms with E-state index in [9.17, 15) is 18.0 Å². The van der Waals surface area contributed by atoms with Crippen molar-refractivity contribution < 1.29 is 22.7 Å². The van der Waals surface area contributed by atoms with Crippen molar-refractivity contribution >= 4 is 17.2 Å². The Hall–Kier alpha value is -2.71. The van der Waals surface area contributed by atoms with Crippen LogP contribution < -0.4 is 5.32 Å². The smallest absolute Gasteiger partial charge is 0.370 e. The number of halogens is 3. The number of hydrogen-bond acceptors (Lipinski definition) is 4. The zero-order valence-corrected chi connectivity index (χ0v) is 16.4. The van der Waals surface area contributed by atoms with Crippen LogP contribution in [-0.2, 0) is 4.74 Å². The highest BCUT2D eigenvalue weighted by Crippen LogP contribution is 2.33. The number of thiazole rings is 1. The number of benzene rings is 2. The number of aromatic nitrogens is 1. The molecule has 0 saturated carbocycles. The number of nitrogens with one attached hydrogen (secondary N) is 1. The molecule has 0 aliphatic heterocycles. The Bertz CT molecular complexity index is 944. The molecule has 1 N–H and O–H groups in total. The second-order valence-electron chi connectivity index (χ2n) is 6.43. The number of rotatable bonds is 7. The molecule has 3 rings (SSSR count). The van der Waals surface area contributed by atoms with E-state index in [4.69, 9.17) is 0 Å². The lowest BCUT2D eigenvalue weighted by Gasteiger charge is -2.15. The van der Waals surface area contributed by atoms with Crippen LogP contribution in [-0.4, -0.2) is 36.3 Å². The number of nitrogens with zero attached hydrogens (tertiary/aromatic N) is 1. The molecule has 0 spiro atoms. The summed E-state index contributed by atoms with van der Waals surface area (Å²) in [4.78, 5) is 17.9. The van der Waals surface area contributed by atoms with E-state index in [2.05, 4.69) is 15.0 Å². The lowest BCUT2D eigenvalue weighted by molar-refractivity contribution is -0.174. The van der Waals surface area contributed by atoms with Crippen LogP contribution in [0.2, 0.25) is 0 Å². The van der Waals surface area contributed by atoms with Gasteiger partial charge in [-0.15, -0.1) is 11.3 Å². The third kappa shape index (κ3) is 5.88. The fraction of sp³-hybridized carbons (Fsp3) is 0.238. The number of carbonyl (C=O) groups excluding carboxylic acids is 1. The predicted molar refractivity (Wildman–Crippen MR) is 107 cm³/mol. The van der Waals surface area contributed by atoms with Crippen molar-refractivity contribution in [2.24, 2.45) is 0 Å². The molecule has 1 amide bonds. The first-order valence-electron chi connectivity index (χ1n) is 8.90. The molecule has 1 aromatic heterocycles. The summed E-state index contributed by atoms with van der Waals surface area (Å²) in [5.74, 6) is -0.397. The van der Waals surface area contributed by atoms with Crippen LogP contribution in [0, 0.1) is 0 Å². The van der Waals surface area contributed by atoms with Gasteiger partial charge in [0.05, 0.1) is 12.3 Å². The third-order valence-electron chi connectivity index (χ3n) is 3.91. The maximum absolute atomic E-state index is 12.8. The average Bonchev–Trinajstić information content (AvgIpc) is 3.14. The molecule has 29 heavy (non-hydrogen) atoms. The van der Waals surface area contributed by atoms with E-state index in [0.29, 0.717) is 15.6 Å². The molecule has 1 heterocycles. The Balaban J connectivity index is 1.81. The first kappa shape index (κ1) is 21.0. The Morgan fingerprint density at radius 1 is 1.07 bits per heavy atom. The fourth-order valence-corrected chi connectivity index (χ4v) is 3.65. The van der Waals surface area contributed by atoms with E-state index < -0.39 is 24.7 Å². The molecule has 8 heteroatoms. The molecule has 0 radical (unpaired) electrons. The highest BCUT2D eigenvalue weighted by atomic mass is 32.1. The predicted octanol–water partition coefficient (Wildman–Crippen LogP) is 5.17. The van der Waals surface area contributed by atoms with E-state index in [1.165, 1.54) is 11.3 Å². The van der Waals surface area contributed by atoms with Gasteiger partial charge in [0, 0.05) is 17.2 Å². The fourth-order valence-electron chi connectivity index (χ4n) is 2.65. The number of carbonyl (C=O) groups is 1. The van der Waals surface area contributed by atoms with Crippen LogP contribution in [0.3, 0.4) is 0 Å². The van der Waals surface area contributed by atoms with Crippen LogP contribution in [0.15, 0.2) is 60.7 Å². The van der Waals surface area contributed by atoms with Gasteiger partial charge in [-0.05, 0) is 6.92 Å². The second-order valence-corrected chi connectivity index (χ2v) is 7.43. The molecule has 1 unspecified atom stereocenters. The van der Waals surface area contributed by atoms with Gasteiger partial charge in [-0.2, -0.15) is 13.2 Å². The molecule has 0 fully saturated rings. The molecular formula is C21H19F3N2O2S. The molecular weight excluding hydrogens is 401 g/mol. The topological polar surface area (TPSA) is 51.2 Å². The molecule has 0 aliphatic rings. The summed E-state index contributed by atoms with van der Waals surface area (Å²) in [5, 5.41) is 3.39. The van der Waals surface area contributed by atoms with Gasteiger partial charge in [0.15, 0.2) is 0 Å². The third-order valence-corrected chi connectivity index (χ3v) is 5.02. The summed E-state index contributed by atoms with van der Waals surface area (Å²) in [6.07, 6.45) is -4.40. The molecule has 4 nitrogen and oxygen atoms in total. The van der Waals surface area contributed by atoms with Crippen LogP contribution >= 0.6 is 11.3 Å². The van der Waals surface area contributed by atoms with Crippen molar-refractivity contribution in [3.05, 3.63) is 65.5 Å². The van der Waals surface area contributed by atoms with Gasteiger partial charge in [0.2, 0.25) is 0 Å². The Kier molecular flexibility index (Phi) is 6.66. The summed E-state index contributed by atoms with van der Waals surface area (Å²) in [7, 11) is 0. The summed E-state index contributed by atoms with van der Waals surface area (Å²) < 4.78 is 41.3. The lowest BCUT2D eigenvalue weighted by atomic mass is 10.1. The van der Waals surface area contributed by atoms with Gasteiger partial charge in [-0.25, -0.2) is 4.98 Å². The Morgan fingerprint density at radius 3 is 2.24 bits per heavy atom. The van der Waals surface area contributed by atoms with Crippen LogP contribution in [0.5, 0.6) is 0 Å². The monoisotopic (exact) mass is 420 g/mol. The second kappa shape index (κ2) is 9.19. The van der Waals surface area contributed by atoms with Crippen LogP contribution in [0.1, 0.15) is 16.6 Å². The van der Waals surface area contributed by atoms with Gasteiger partial charge in [-0.1, -0.05) is 60.7 Å². The first-order valence-corrected chi connectivity index (χ1v) is 9.72. The minimum Gasteiger partial charge on any atom is -0.370 e. The quantitative estimate of drug-likeness (QED) is 0.573. The summed E-state index contributed by atoms with van der Waals surface area (Å²) in [6.45, 7) is 0.00701. The largest absolute Gasteiger partial charge is 0.411 e. The minimum absolute atomic E-state index is 0.240. The molecule has 152 valence electrons. The van der Waals surface area contributed by atoms with Crippen molar-refractivity contribution in [3.63, 3.8) is 0 Å². The maximum atomic E-state index is 12.8. The van der Waals surface area contributed by atoms with E-state index in [1.807, 2.05) is 60.7 Å². The Labute approximate surface area is 170 Å². The molecule has 3 aromatic rings. The summed E-state index contributed by atoms with van der Waals surface area (Å²) >= 11 is 1.24. The van der Waals surface area contributed by atoms with E-state index >= 15 is 0 Å². The van der Waals surface area contributed by atoms with Crippen molar-refractivity contribution in [3.8, 4) is 21.8 Å². The first-order chi connectivity index (χ1) is 13.8. The van der Waals surface area contributed by atoms with Crippen LogP contribution in [0.25, 0.3) is 21.8 Å². The van der Waals surface area contributed by atoms with Gasteiger partial charge in [0.25, 0.3) is 5.91 Å². The zero-order valence-electron chi connectivity index (χ0n) is 15.6. The average molecular weight is 420 g/mol. The van der Waals surface area contributed by atoms with Gasteiger partial charge in [0.1, 0.15) is 16.5 Å². The zero-order chi connectivity index (χ0) is 20.9. The standard InChI is InChI=1S/C21H19F3N2O2S/c1-14(12-28-13-21(22,23)24)25-19(27)18-17(15-8-4-2-5-9-15)26-20(29-18)16-10-6-3-7-11-16/h2-11,14H,12-13H2,1H3,(H,25,27). The molecule has 0 aliphatic carbocycles. The Morgan fingerprint density at radius 2 is 1.66 bits per heavy atom. The summed E-state index contributed by atoms with van der Waals surface area (Å²) in [5.41, 5.74) is 2.21. The van der Waals surface area contributed by atoms with E-state index in [-0.39, 0.29) is 6.61 Å². The number of amides is 1. The molecule has 2 aromatic carbocycles. The number of ether oxygens (including phenoxy) is 1. The highest BCUT2D eigenvalue weighted by Gasteiger charge is 2.28. The number of alkyl halides is 3. The lowest BCUT2D eigenvalue weighted by Crippen LogP contribution is -2.36. The van der Waals surface area contributed by atoms with Gasteiger partial charge < -0.3 is 10.1 Å². The van der Waals surface area contributed by atoms with Crippen molar-refractivity contribution in [2.75, 3.05) is 13.2 Å².